The molecule has 100 valence electrons. The first-order valence-corrected chi connectivity index (χ1v) is 6.36. The normalized spacial score (nSPS) is 10.5. The monoisotopic (exact) mass is 325 g/mol. The van der Waals surface area contributed by atoms with E-state index >= 15 is 0 Å². The zero-order valence-electron chi connectivity index (χ0n) is 10.4. The van der Waals surface area contributed by atoms with Crippen LogP contribution in [0.3, 0.4) is 0 Å². The van der Waals surface area contributed by atoms with Gasteiger partial charge in [0.15, 0.2) is 5.75 Å². The third-order valence-corrected chi connectivity index (χ3v) is 3.19. The number of carbonyl (C=O) groups is 1. The predicted molar refractivity (Wildman–Crippen MR) is 71.2 cm³/mol. The minimum atomic E-state index is -0.873. The number of aromatic nitrogens is 4. The second-order valence-electron chi connectivity index (χ2n) is 3.76. The first-order chi connectivity index (χ1) is 9.01. The van der Waals surface area contributed by atoms with Gasteiger partial charge in [0.25, 0.3) is 5.95 Å². The molecular formula is C11H12BrN5O2. The molecule has 0 aromatic carbocycles. The molecule has 0 spiro atoms. The molecule has 2 rings (SSSR count). The molecule has 0 aliphatic carbocycles. The van der Waals surface area contributed by atoms with Gasteiger partial charge in [-0.1, -0.05) is 6.92 Å². The summed E-state index contributed by atoms with van der Waals surface area (Å²) in [5, 5.41) is 4.27. The van der Waals surface area contributed by atoms with Crippen molar-refractivity contribution < 1.29 is 9.53 Å². The Kier molecular flexibility index (Phi) is 3.79. The lowest BCUT2D eigenvalue weighted by Gasteiger charge is -2.01. The fourth-order valence-corrected chi connectivity index (χ4v) is 1.68. The average molecular weight is 326 g/mol. The molecule has 0 atom stereocenters. The van der Waals surface area contributed by atoms with E-state index in [0.717, 1.165) is 10.2 Å². The number of rotatable bonds is 3. The van der Waals surface area contributed by atoms with Gasteiger partial charge in [0.05, 0.1) is 16.4 Å². The van der Waals surface area contributed by atoms with Crippen molar-refractivity contribution in [1.82, 2.24) is 19.7 Å². The number of nitrogens with two attached hydrogens (primary N) is 1. The number of nitrogens with zero attached hydrogens (tertiary/aromatic N) is 4. The largest absolute Gasteiger partial charge is 0.410 e. The summed E-state index contributed by atoms with van der Waals surface area (Å²) in [6.07, 6.45) is 2.90. The number of amides is 1. The van der Waals surface area contributed by atoms with Crippen molar-refractivity contribution in [3.05, 3.63) is 28.3 Å². The fourth-order valence-electron chi connectivity index (χ4n) is 1.49. The van der Waals surface area contributed by atoms with Crippen LogP contribution in [-0.4, -0.2) is 25.8 Å². The lowest BCUT2D eigenvalue weighted by atomic mass is 10.3. The van der Waals surface area contributed by atoms with Crippen LogP contribution in [0.25, 0.3) is 5.95 Å². The van der Waals surface area contributed by atoms with Crippen LogP contribution in [0.2, 0.25) is 0 Å². The Morgan fingerprint density at radius 2 is 2.32 bits per heavy atom. The summed E-state index contributed by atoms with van der Waals surface area (Å²) in [5.41, 5.74) is 6.41. The van der Waals surface area contributed by atoms with Crippen molar-refractivity contribution in [2.24, 2.45) is 5.73 Å². The van der Waals surface area contributed by atoms with Gasteiger partial charge in [0.2, 0.25) is 0 Å². The highest BCUT2D eigenvalue weighted by molar-refractivity contribution is 9.10. The van der Waals surface area contributed by atoms with E-state index in [1.165, 1.54) is 10.9 Å². The standard InChI is InChI=1S/C11H12BrN5O2/c1-3-8-9(19-10(13)18)5-17(16-8)11-14-4-7(12)6(2)15-11/h4-5H,3H2,1-2H3,(H2,13,18). The van der Waals surface area contributed by atoms with Crippen LogP contribution in [-0.2, 0) is 6.42 Å². The highest BCUT2D eigenvalue weighted by Gasteiger charge is 2.13. The van der Waals surface area contributed by atoms with Gasteiger partial charge in [-0.15, -0.1) is 0 Å². The van der Waals surface area contributed by atoms with Gasteiger partial charge in [0.1, 0.15) is 5.69 Å². The van der Waals surface area contributed by atoms with E-state index in [1.807, 2.05) is 13.8 Å². The van der Waals surface area contributed by atoms with Crippen molar-refractivity contribution >= 4 is 22.0 Å². The summed E-state index contributed by atoms with van der Waals surface area (Å²) >= 11 is 3.33. The molecule has 0 unspecified atom stereocenters. The zero-order chi connectivity index (χ0) is 14.0. The summed E-state index contributed by atoms with van der Waals surface area (Å²) in [7, 11) is 0. The van der Waals surface area contributed by atoms with E-state index in [0.29, 0.717) is 23.8 Å². The number of hydrogen-bond donors (Lipinski definition) is 1. The quantitative estimate of drug-likeness (QED) is 0.927. The Balaban J connectivity index is 2.42. The van der Waals surface area contributed by atoms with Gasteiger partial charge in [-0.05, 0) is 29.3 Å². The van der Waals surface area contributed by atoms with Crippen molar-refractivity contribution in [3.8, 4) is 11.7 Å². The first kappa shape index (κ1) is 13.5. The van der Waals surface area contributed by atoms with Crippen LogP contribution in [0.1, 0.15) is 18.3 Å². The maximum atomic E-state index is 10.8. The van der Waals surface area contributed by atoms with Gasteiger partial charge in [0, 0.05) is 6.20 Å². The van der Waals surface area contributed by atoms with E-state index in [2.05, 4.69) is 31.0 Å². The molecule has 0 radical (unpaired) electrons. The third-order valence-electron chi connectivity index (χ3n) is 2.41. The topological polar surface area (TPSA) is 95.9 Å². The van der Waals surface area contributed by atoms with E-state index in [-0.39, 0.29) is 0 Å². The number of carbonyl (C=O) groups excluding carboxylic acids is 1. The summed E-state index contributed by atoms with van der Waals surface area (Å²) in [4.78, 5) is 19.2. The van der Waals surface area contributed by atoms with Crippen LogP contribution >= 0.6 is 15.9 Å². The molecule has 2 heterocycles. The van der Waals surface area contributed by atoms with Crippen LogP contribution in [0.5, 0.6) is 5.75 Å². The Morgan fingerprint density at radius 1 is 1.58 bits per heavy atom. The zero-order valence-corrected chi connectivity index (χ0v) is 12.0. The molecule has 2 aromatic rings. The number of hydrogen-bond acceptors (Lipinski definition) is 5. The summed E-state index contributed by atoms with van der Waals surface area (Å²) in [5.74, 6) is 0.717. The maximum Gasteiger partial charge on any atom is 0.410 e. The van der Waals surface area contributed by atoms with Gasteiger partial charge >= 0.3 is 6.09 Å². The van der Waals surface area contributed by atoms with Gasteiger partial charge in [-0.25, -0.2) is 19.4 Å². The highest BCUT2D eigenvalue weighted by atomic mass is 79.9. The number of primary amides is 1. The molecule has 0 aliphatic rings. The average Bonchev–Trinajstić information content (AvgIpc) is 2.75. The van der Waals surface area contributed by atoms with E-state index in [9.17, 15) is 4.79 Å². The van der Waals surface area contributed by atoms with Crippen LogP contribution in [0, 0.1) is 6.92 Å². The molecule has 0 saturated heterocycles. The van der Waals surface area contributed by atoms with E-state index in [4.69, 9.17) is 10.5 Å². The SMILES string of the molecule is CCc1nn(-c2ncc(Br)c(C)n2)cc1OC(N)=O. The third kappa shape index (κ3) is 2.90. The van der Waals surface area contributed by atoms with Gasteiger partial charge in [-0.2, -0.15) is 5.10 Å². The summed E-state index contributed by atoms with van der Waals surface area (Å²) < 4.78 is 7.15. The molecule has 2 N–H and O–H groups in total. The summed E-state index contributed by atoms with van der Waals surface area (Å²) in [6.45, 7) is 3.74. The minimum absolute atomic E-state index is 0.319. The molecule has 0 bridgehead atoms. The number of ether oxygens (including phenoxy) is 1. The molecule has 19 heavy (non-hydrogen) atoms. The molecule has 0 aliphatic heterocycles. The molecule has 0 saturated carbocycles. The lowest BCUT2D eigenvalue weighted by Crippen LogP contribution is -2.16. The molecule has 7 nitrogen and oxygen atoms in total. The minimum Gasteiger partial charge on any atom is -0.407 e. The van der Waals surface area contributed by atoms with Crippen LogP contribution < -0.4 is 10.5 Å². The van der Waals surface area contributed by atoms with Crippen LogP contribution in [0.15, 0.2) is 16.9 Å². The summed E-state index contributed by atoms with van der Waals surface area (Å²) in [6, 6.07) is 0. The van der Waals surface area contributed by atoms with Gasteiger partial charge in [-0.3, -0.25) is 0 Å². The highest BCUT2D eigenvalue weighted by Crippen LogP contribution is 2.20. The van der Waals surface area contributed by atoms with Gasteiger partial charge < -0.3 is 10.5 Å². The van der Waals surface area contributed by atoms with Crippen molar-refractivity contribution in [1.29, 1.82) is 0 Å². The Hall–Kier alpha value is -1.96. The maximum absolute atomic E-state index is 10.8. The van der Waals surface area contributed by atoms with Crippen molar-refractivity contribution in [3.63, 3.8) is 0 Å². The van der Waals surface area contributed by atoms with Crippen molar-refractivity contribution in [2.75, 3.05) is 0 Å². The number of halogens is 1. The molecular weight excluding hydrogens is 314 g/mol. The second-order valence-corrected chi connectivity index (χ2v) is 4.62. The molecule has 2 aromatic heterocycles. The fraction of sp³-hybridized carbons (Fsp3) is 0.273. The first-order valence-electron chi connectivity index (χ1n) is 5.56. The Bertz CT molecular complexity index is 626. The lowest BCUT2D eigenvalue weighted by molar-refractivity contribution is 0.210. The number of aryl methyl sites for hydroxylation is 2. The van der Waals surface area contributed by atoms with Crippen LogP contribution in [0.4, 0.5) is 4.79 Å². The predicted octanol–water partition coefficient (Wildman–Crippen LogP) is 1.75. The molecule has 0 fully saturated rings. The smallest absolute Gasteiger partial charge is 0.407 e. The van der Waals surface area contributed by atoms with E-state index in [1.54, 1.807) is 6.20 Å². The second kappa shape index (κ2) is 5.35. The van der Waals surface area contributed by atoms with E-state index < -0.39 is 6.09 Å². The molecule has 8 heteroatoms. The Morgan fingerprint density at radius 3 is 2.89 bits per heavy atom. The van der Waals surface area contributed by atoms with Crippen molar-refractivity contribution in [2.45, 2.75) is 20.3 Å². The molecule has 1 amide bonds. The Labute approximate surface area is 117 Å².